The minimum Gasteiger partial charge on any atom is -0.434 e. The standard InChI is InChI=1S/C9H10ClF2NO/c1-13-5-6-7(10)3-2-4-8(6)14-9(11)12/h2-4,9,13H,5H2,1H3. The molecular weight excluding hydrogens is 212 g/mol. The highest BCUT2D eigenvalue weighted by molar-refractivity contribution is 6.31. The molecule has 0 atom stereocenters. The van der Waals surface area contributed by atoms with Gasteiger partial charge in [0.25, 0.3) is 0 Å². The zero-order valence-corrected chi connectivity index (χ0v) is 8.31. The number of hydrogen-bond donors (Lipinski definition) is 1. The molecule has 0 fully saturated rings. The first-order valence-corrected chi connectivity index (χ1v) is 4.39. The molecule has 1 rings (SSSR count). The highest BCUT2D eigenvalue weighted by Crippen LogP contribution is 2.27. The molecule has 78 valence electrons. The third kappa shape index (κ3) is 2.82. The van der Waals surface area contributed by atoms with Gasteiger partial charge in [0.05, 0.1) is 0 Å². The number of nitrogens with one attached hydrogen (secondary N) is 1. The summed E-state index contributed by atoms with van der Waals surface area (Å²) in [6.07, 6.45) is 0. The van der Waals surface area contributed by atoms with Gasteiger partial charge in [-0.25, -0.2) is 0 Å². The van der Waals surface area contributed by atoms with Crippen LogP contribution in [0.4, 0.5) is 8.78 Å². The average molecular weight is 222 g/mol. The van der Waals surface area contributed by atoms with Gasteiger partial charge in [-0.3, -0.25) is 0 Å². The first kappa shape index (κ1) is 11.2. The third-order valence-corrected chi connectivity index (χ3v) is 2.00. The Morgan fingerprint density at radius 3 is 2.79 bits per heavy atom. The van der Waals surface area contributed by atoms with E-state index in [4.69, 9.17) is 11.6 Å². The molecule has 0 bridgehead atoms. The first-order chi connectivity index (χ1) is 6.65. The topological polar surface area (TPSA) is 21.3 Å². The molecule has 1 aromatic rings. The molecule has 1 aromatic carbocycles. The number of benzene rings is 1. The van der Waals surface area contributed by atoms with Crippen LogP contribution in [-0.4, -0.2) is 13.7 Å². The molecule has 1 N–H and O–H groups in total. The summed E-state index contributed by atoms with van der Waals surface area (Å²) in [6.45, 7) is -2.44. The third-order valence-electron chi connectivity index (χ3n) is 1.65. The summed E-state index contributed by atoms with van der Waals surface area (Å²) < 4.78 is 28.3. The van der Waals surface area contributed by atoms with Crippen molar-refractivity contribution in [2.45, 2.75) is 13.2 Å². The number of halogens is 3. The number of alkyl halides is 2. The predicted octanol–water partition coefficient (Wildman–Crippen LogP) is 2.66. The molecule has 0 aliphatic carbocycles. The van der Waals surface area contributed by atoms with Crippen molar-refractivity contribution < 1.29 is 13.5 Å². The average Bonchev–Trinajstić information content (AvgIpc) is 2.10. The van der Waals surface area contributed by atoms with E-state index in [1.54, 1.807) is 19.2 Å². The van der Waals surface area contributed by atoms with Crippen LogP contribution in [-0.2, 0) is 6.54 Å². The molecule has 5 heteroatoms. The Bertz CT molecular complexity index is 307. The van der Waals surface area contributed by atoms with Crippen LogP contribution in [0.2, 0.25) is 5.02 Å². The van der Waals surface area contributed by atoms with Crippen LogP contribution in [0, 0.1) is 0 Å². The van der Waals surface area contributed by atoms with E-state index in [-0.39, 0.29) is 5.75 Å². The second-order valence-electron chi connectivity index (χ2n) is 2.63. The van der Waals surface area contributed by atoms with Gasteiger partial charge in [-0.15, -0.1) is 0 Å². The van der Waals surface area contributed by atoms with E-state index in [0.717, 1.165) is 0 Å². The molecule has 0 radical (unpaired) electrons. The predicted molar refractivity (Wildman–Crippen MR) is 50.8 cm³/mol. The minimum absolute atomic E-state index is 0.113. The van der Waals surface area contributed by atoms with Gasteiger partial charge in [-0.1, -0.05) is 17.7 Å². The van der Waals surface area contributed by atoms with Crippen LogP contribution in [0.15, 0.2) is 18.2 Å². The zero-order chi connectivity index (χ0) is 10.6. The fraction of sp³-hybridized carbons (Fsp3) is 0.333. The van der Waals surface area contributed by atoms with Crippen LogP contribution in [0.1, 0.15) is 5.56 Å². The van der Waals surface area contributed by atoms with Crippen molar-refractivity contribution in [1.82, 2.24) is 5.32 Å². The van der Waals surface area contributed by atoms with E-state index >= 15 is 0 Å². The largest absolute Gasteiger partial charge is 0.434 e. The lowest BCUT2D eigenvalue weighted by Gasteiger charge is -2.11. The molecule has 0 aliphatic heterocycles. The molecule has 0 heterocycles. The normalized spacial score (nSPS) is 10.6. The lowest BCUT2D eigenvalue weighted by molar-refractivity contribution is -0.0504. The van der Waals surface area contributed by atoms with Gasteiger partial charge < -0.3 is 10.1 Å². The summed E-state index contributed by atoms with van der Waals surface area (Å²) >= 11 is 5.83. The Hall–Kier alpha value is -0.870. The number of ether oxygens (including phenoxy) is 1. The second kappa shape index (κ2) is 5.12. The maximum absolute atomic E-state index is 12.0. The molecular formula is C9H10ClF2NO. The molecule has 2 nitrogen and oxygen atoms in total. The number of rotatable bonds is 4. The maximum Gasteiger partial charge on any atom is 0.387 e. The van der Waals surface area contributed by atoms with Gasteiger partial charge >= 0.3 is 6.61 Å². The van der Waals surface area contributed by atoms with Gasteiger partial charge in [0, 0.05) is 17.1 Å². The Morgan fingerprint density at radius 1 is 1.50 bits per heavy atom. The highest BCUT2D eigenvalue weighted by atomic mass is 35.5. The second-order valence-corrected chi connectivity index (χ2v) is 3.03. The fourth-order valence-electron chi connectivity index (χ4n) is 1.09. The minimum atomic E-state index is -2.83. The van der Waals surface area contributed by atoms with E-state index in [2.05, 4.69) is 10.1 Å². The molecule has 0 aromatic heterocycles. The summed E-state index contributed by atoms with van der Waals surface area (Å²) in [4.78, 5) is 0. The summed E-state index contributed by atoms with van der Waals surface area (Å²) in [7, 11) is 1.70. The van der Waals surface area contributed by atoms with E-state index < -0.39 is 6.61 Å². The fourth-order valence-corrected chi connectivity index (χ4v) is 1.33. The summed E-state index contributed by atoms with van der Waals surface area (Å²) in [6, 6.07) is 4.66. The Balaban J connectivity index is 2.95. The van der Waals surface area contributed by atoms with Gasteiger partial charge in [0.2, 0.25) is 0 Å². The van der Waals surface area contributed by atoms with E-state index in [0.29, 0.717) is 17.1 Å². The van der Waals surface area contributed by atoms with Crippen molar-refractivity contribution in [1.29, 1.82) is 0 Å². The van der Waals surface area contributed by atoms with Crippen molar-refractivity contribution in [2.75, 3.05) is 7.05 Å². The van der Waals surface area contributed by atoms with E-state index in [1.165, 1.54) is 6.07 Å². The Kier molecular flexibility index (Phi) is 4.10. The van der Waals surface area contributed by atoms with Crippen molar-refractivity contribution in [3.63, 3.8) is 0 Å². The van der Waals surface area contributed by atoms with Crippen LogP contribution < -0.4 is 10.1 Å². The molecule has 14 heavy (non-hydrogen) atoms. The van der Waals surface area contributed by atoms with Gasteiger partial charge in [0.15, 0.2) is 0 Å². The first-order valence-electron chi connectivity index (χ1n) is 4.02. The smallest absolute Gasteiger partial charge is 0.387 e. The number of hydrogen-bond acceptors (Lipinski definition) is 2. The monoisotopic (exact) mass is 221 g/mol. The molecule has 0 unspecified atom stereocenters. The lowest BCUT2D eigenvalue weighted by atomic mass is 10.2. The molecule has 0 saturated heterocycles. The van der Waals surface area contributed by atoms with Crippen LogP contribution in [0.5, 0.6) is 5.75 Å². The Labute approximate surface area is 85.8 Å². The SMILES string of the molecule is CNCc1c(Cl)cccc1OC(F)F. The maximum atomic E-state index is 12.0. The van der Waals surface area contributed by atoms with Gasteiger partial charge in [-0.2, -0.15) is 8.78 Å². The summed E-state index contributed by atoms with van der Waals surface area (Å²) in [5.74, 6) is 0.113. The zero-order valence-electron chi connectivity index (χ0n) is 7.56. The summed E-state index contributed by atoms with van der Waals surface area (Å²) in [5.41, 5.74) is 0.539. The quantitative estimate of drug-likeness (QED) is 0.844. The van der Waals surface area contributed by atoms with Gasteiger partial charge in [-0.05, 0) is 19.2 Å². The molecule has 0 amide bonds. The van der Waals surface area contributed by atoms with Crippen LogP contribution in [0.25, 0.3) is 0 Å². The molecule has 0 aliphatic rings. The molecule has 0 saturated carbocycles. The van der Waals surface area contributed by atoms with Crippen LogP contribution in [0.3, 0.4) is 0 Å². The van der Waals surface area contributed by atoms with E-state index in [1.807, 2.05) is 0 Å². The van der Waals surface area contributed by atoms with Crippen molar-refractivity contribution in [3.8, 4) is 5.75 Å². The highest BCUT2D eigenvalue weighted by Gasteiger charge is 2.11. The van der Waals surface area contributed by atoms with Crippen molar-refractivity contribution in [3.05, 3.63) is 28.8 Å². The van der Waals surface area contributed by atoms with E-state index in [9.17, 15) is 8.78 Å². The van der Waals surface area contributed by atoms with Gasteiger partial charge in [0.1, 0.15) is 5.75 Å². The Morgan fingerprint density at radius 2 is 2.21 bits per heavy atom. The summed E-state index contributed by atoms with van der Waals surface area (Å²) in [5, 5.41) is 3.24. The van der Waals surface area contributed by atoms with Crippen LogP contribution >= 0.6 is 11.6 Å². The van der Waals surface area contributed by atoms with Crippen molar-refractivity contribution in [2.24, 2.45) is 0 Å². The molecule has 0 spiro atoms. The lowest BCUT2D eigenvalue weighted by Crippen LogP contribution is -2.10. The van der Waals surface area contributed by atoms with Crippen molar-refractivity contribution >= 4 is 11.6 Å².